The first-order chi connectivity index (χ1) is 11.0. The zero-order chi connectivity index (χ0) is 16.8. The van der Waals surface area contributed by atoms with Crippen LogP contribution in [0.4, 0.5) is 10.1 Å². The summed E-state index contributed by atoms with van der Waals surface area (Å²) in [6.45, 7) is 1.50. The van der Waals surface area contributed by atoms with Crippen LogP contribution in [0.1, 0.15) is 6.92 Å². The molecule has 0 fully saturated rings. The summed E-state index contributed by atoms with van der Waals surface area (Å²) in [4.78, 5) is 20.0. The van der Waals surface area contributed by atoms with Gasteiger partial charge in [-0.15, -0.1) is 0 Å². The fourth-order valence-electron chi connectivity index (χ4n) is 1.71. The quantitative estimate of drug-likeness (QED) is 0.877. The van der Waals surface area contributed by atoms with Crippen LogP contribution in [0.2, 0.25) is 0 Å². The van der Waals surface area contributed by atoms with Crippen molar-refractivity contribution in [3.05, 3.63) is 36.3 Å². The molecule has 0 saturated heterocycles. The van der Waals surface area contributed by atoms with Crippen molar-refractivity contribution in [1.29, 1.82) is 0 Å². The Hall–Kier alpha value is -2.90. The van der Waals surface area contributed by atoms with Gasteiger partial charge >= 0.3 is 6.01 Å². The first-order valence-electron chi connectivity index (χ1n) is 6.72. The highest BCUT2D eigenvalue weighted by molar-refractivity contribution is 5.95. The summed E-state index contributed by atoms with van der Waals surface area (Å²) >= 11 is 0. The number of hydrogen-bond donors (Lipinski definition) is 1. The Labute approximate surface area is 132 Å². The number of aromatic nitrogens is 2. The van der Waals surface area contributed by atoms with E-state index in [4.69, 9.17) is 14.2 Å². The van der Waals surface area contributed by atoms with Gasteiger partial charge in [0.05, 0.1) is 20.4 Å². The predicted octanol–water partition coefficient (Wildman–Crippen LogP) is 2.04. The topological polar surface area (TPSA) is 82.6 Å². The van der Waals surface area contributed by atoms with Gasteiger partial charge in [-0.2, -0.15) is 4.98 Å². The zero-order valence-electron chi connectivity index (χ0n) is 12.9. The Balaban J connectivity index is 2.08. The van der Waals surface area contributed by atoms with Crippen LogP contribution in [0.3, 0.4) is 0 Å². The van der Waals surface area contributed by atoms with Crippen molar-refractivity contribution in [2.24, 2.45) is 0 Å². The number of benzene rings is 1. The summed E-state index contributed by atoms with van der Waals surface area (Å²) in [5.41, 5.74) is 0.252. The maximum Gasteiger partial charge on any atom is 0.319 e. The summed E-state index contributed by atoms with van der Waals surface area (Å²) < 4.78 is 28.8. The normalized spacial score (nSPS) is 11.5. The Bertz CT molecular complexity index is 696. The van der Waals surface area contributed by atoms with Gasteiger partial charge in [0.1, 0.15) is 5.69 Å². The smallest absolute Gasteiger partial charge is 0.319 e. The molecule has 1 unspecified atom stereocenters. The minimum Gasteiger partial charge on any atom is -0.479 e. The molecular weight excluding hydrogens is 305 g/mol. The second-order valence-electron chi connectivity index (χ2n) is 4.46. The van der Waals surface area contributed by atoms with Crippen LogP contribution in [0.25, 0.3) is 0 Å². The number of nitrogens with zero attached hydrogens (tertiary/aromatic N) is 2. The molecule has 7 nitrogen and oxygen atoms in total. The molecule has 0 aliphatic carbocycles. The second kappa shape index (κ2) is 7.39. The molecule has 1 N–H and O–H groups in total. The van der Waals surface area contributed by atoms with E-state index < -0.39 is 17.8 Å². The van der Waals surface area contributed by atoms with E-state index in [1.165, 1.54) is 45.5 Å². The van der Waals surface area contributed by atoms with Crippen molar-refractivity contribution in [2.45, 2.75) is 13.0 Å². The Morgan fingerprint density at radius 2 is 2.00 bits per heavy atom. The van der Waals surface area contributed by atoms with Crippen molar-refractivity contribution in [1.82, 2.24) is 9.97 Å². The van der Waals surface area contributed by atoms with E-state index >= 15 is 0 Å². The third-order valence-electron chi connectivity index (χ3n) is 2.88. The lowest BCUT2D eigenvalue weighted by molar-refractivity contribution is -0.122. The number of hydrogen-bond acceptors (Lipinski definition) is 6. The third-order valence-corrected chi connectivity index (χ3v) is 2.88. The minimum absolute atomic E-state index is 0.00639. The summed E-state index contributed by atoms with van der Waals surface area (Å²) in [6, 6.07) is 5.95. The number of halogens is 1. The van der Waals surface area contributed by atoms with Gasteiger partial charge in [-0.25, -0.2) is 9.37 Å². The number of para-hydroxylation sites is 1. The van der Waals surface area contributed by atoms with Gasteiger partial charge in [0, 0.05) is 0 Å². The fourth-order valence-corrected chi connectivity index (χ4v) is 1.71. The first kappa shape index (κ1) is 16.5. The molecule has 2 aromatic rings. The van der Waals surface area contributed by atoms with Gasteiger partial charge in [0.25, 0.3) is 5.91 Å². The molecule has 122 valence electrons. The summed E-state index contributed by atoms with van der Waals surface area (Å²) in [7, 11) is 2.81. The number of methoxy groups -OCH3 is 2. The lowest BCUT2D eigenvalue weighted by Gasteiger charge is -2.16. The Kier molecular flexibility index (Phi) is 5.29. The molecule has 1 aromatic heterocycles. The maximum absolute atomic E-state index is 13.5. The van der Waals surface area contributed by atoms with Crippen LogP contribution < -0.4 is 19.5 Å². The zero-order valence-corrected chi connectivity index (χ0v) is 12.9. The molecule has 1 aromatic carbocycles. The van der Waals surface area contributed by atoms with E-state index in [0.29, 0.717) is 0 Å². The van der Waals surface area contributed by atoms with Crippen molar-refractivity contribution in [3.8, 4) is 17.6 Å². The van der Waals surface area contributed by atoms with Gasteiger partial charge in [0.2, 0.25) is 5.88 Å². The maximum atomic E-state index is 13.5. The van der Waals surface area contributed by atoms with E-state index in [1.807, 2.05) is 0 Å². The summed E-state index contributed by atoms with van der Waals surface area (Å²) in [5.74, 6) is -0.908. The lowest BCUT2D eigenvalue weighted by atomic mass is 10.3. The number of nitrogens with one attached hydrogen (secondary N) is 1. The van der Waals surface area contributed by atoms with E-state index in [9.17, 15) is 9.18 Å². The Morgan fingerprint density at radius 1 is 1.26 bits per heavy atom. The average Bonchev–Trinajstić information content (AvgIpc) is 2.57. The standard InChI is InChI=1S/C15H16FN3O4/c1-9(23-12-7-5-4-6-10(12)16)13(20)18-11-8-17-15(22-3)19-14(11)21-2/h4-9H,1-3H3,(H,18,20). The van der Waals surface area contributed by atoms with Crippen LogP contribution in [0.5, 0.6) is 17.6 Å². The minimum atomic E-state index is -0.932. The van der Waals surface area contributed by atoms with Crippen LogP contribution >= 0.6 is 0 Å². The highest BCUT2D eigenvalue weighted by Crippen LogP contribution is 2.23. The van der Waals surface area contributed by atoms with Crippen molar-refractivity contribution >= 4 is 11.6 Å². The molecule has 0 spiro atoms. The highest BCUT2D eigenvalue weighted by Gasteiger charge is 2.19. The molecule has 1 amide bonds. The number of carbonyl (C=O) groups is 1. The van der Waals surface area contributed by atoms with E-state index in [-0.39, 0.29) is 23.3 Å². The molecule has 23 heavy (non-hydrogen) atoms. The number of ether oxygens (including phenoxy) is 3. The molecular formula is C15H16FN3O4. The third kappa shape index (κ3) is 4.06. The van der Waals surface area contributed by atoms with Crippen LogP contribution in [0.15, 0.2) is 30.5 Å². The van der Waals surface area contributed by atoms with E-state index in [2.05, 4.69) is 15.3 Å². The van der Waals surface area contributed by atoms with Crippen molar-refractivity contribution in [3.63, 3.8) is 0 Å². The first-order valence-corrected chi connectivity index (χ1v) is 6.72. The van der Waals surface area contributed by atoms with Gasteiger partial charge < -0.3 is 19.5 Å². The van der Waals surface area contributed by atoms with Crippen molar-refractivity contribution < 1.29 is 23.4 Å². The van der Waals surface area contributed by atoms with Crippen LogP contribution in [-0.2, 0) is 4.79 Å². The number of amides is 1. The average molecular weight is 321 g/mol. The van der Waals surface area contributed by atoms with Gasteiger partial charge in [-0.05, 0) is 19.1 Å². The number of carbonyl (C=O) groups excluding carboxylic acids is 1. The molecule has 0 bridgehead atoms. The highest BCUT2D eigenvalue weighted by atomic mass is 19.1. The van der Waals surface area contributed by atoms with Gasteiger partial charge in [-0.3, -0.25) is 4.79 Å². The van der Waals surface area contributed by atoms with Crippen LogP contribution in [0, 0.1) is 5.82 Å². The molecule has 8 heteroatoms. The second-order valence-corrected chi connectivity index (χ2v) is 4.46. The molecule has 0 radical (unpaired) electrons. The molecule has 2 rings (SSSR count). The fraction of sp³-hybridized carbons (Fsp3) is 0.267. The summed E-state index contributed by atoms with van der Waals surface area (Å²) in [6.07, 6.45) is 0.414. The molecule has 0 saturated carbocycles. The summed E-state index contributed by atoms with van der Waals surface area (Å²) in [5, 5.41) is 2.56. The molecule has 0 aliphatic rings. The van der Waals surface area contributed by atoms with Gasteiger partial charge in [-0.1, -0.05) is 12.1 Å². The van der Waals surface area contributed by atoms with Gasteiger partial charge in [0.15, 0.2) is 17.7 Å². The van der Waals surface area contributed by atoms with Crippen molar-refractivity contribution in [2.75, 3.05) is 19.5 Å². The molecule has 1 heterocycles. The predicted molar refractivity (Wildman–Crippen MR) is 80.3 cm³/mol. The lowest BCUT2D eigenvalue weighted by Crippen LogP contribution is -2.30. The molecule has 1 atom stereocenters. The van der Waals surface area contributed by atoms with E-state index in [1.54, 1.807) is 6.07 Å². The van der Waals surface area contributed by atoms with Crippen LogP contribution in [-0.4, -0.2) is 36.2 Å². The number of anilines is 1. The number of rotatable bonds is 6. The largest absolute Gasteiger partial charge is 0.479 e. The Morgan fingerprint density at radius 3 is 2.65 bits per heavy atom. The molecule has 0 aliphatic heterocycles. The monoisotopic (exact) mass is 321 g/mol. The van der Waals surface area contributed by atoms with E-state index in [0.717, 1.165) is 0 Å². The SMILES string of the molecule is COc1ncc(NC(=O)C(C)Oc2ccccc2F)c(OC)n1.